The van der Waals surface area contributed by atoms with E-state index in [2.05, 4.69) is 46.1 Å². The number of aryl methyl sites for hydroxylation is 1. The fourth-order valence-corrected chi connectivity index (χ4v) is 2.93. The van der Waals surface area contributed by atoms with Crippen LogP contribution in [-0.4, -0.2) is 44.4 Å². The Bertz CT molecular complexity index is 627. The van der Waals surface area contributed by atoms with Crippen LogP contribution in [0.4, 0.5) is 5.82 Å². The number of hydrogen-bond donors (Lipinski definition) is 1. The smallest absolute Gasteiger partial charge is 0.163 e. The fourth-order valence-electron chi connectivity index (χ4n) is 2.93. The lowest BCUT2D eigenvalue weighted by Gasteiger charge is -2.30. The average Bonchev–Trinajstić information content (AvgIpc) is 3.03. The molecule has 21 heavy (non-hydrogen) atoms. The zero-order valence-corrected chi connectivity index (χ0v) is 13.3. The monoisotopic (exact) mass is 288 g/mol. The normalized spacial score (nSPS) is 19.6. The number of hydrogen-bond acceptors (Lipinski definition) is 5. The van der Waals surface area contributed by atoms with Gasteiger partial charge >= 0.3 is 0 Å². The maximum Gasteiger partial charge on any atom is 0.163 e. The van der Waals surface area contributed by atoms with E-state index in [0.29, 0.717) is 6.04 Å². The van der Waals surface area contributed by atoms with Gasteiger partial charge in [-0.2, -0.15) is 5.10 Å². The van der Waals surface area contributed by atoms with Gasteiger partial charge in [-0.25, -0.2) is 9.97 Å². The summed E-state index contributed by atoms with van der Waals surface area (Å²) in [7, 11) is 1.92. The zero-order valence-electron chi connectivity index (χ0n) is 13.3. The topological polar surface area (TPSA) is 58.9 Å². The van der Waals surface area contributed by atoms with Crippen LogP contribution in [0.15, 0.2) is 12.5 Å². The summed E-state index contributed by atoms with van der Waals surface area (Å²) in [5, 5.41) is 8.97. The van der Waals surface area contributed by atoms with Crippen molar-refractivity contribution < 1.29 is 0 Å². The Morgan fingerprint density at radius 2 is 2.14 bits per heavy atom. The van der Waals surface area contributed by atoms with Crippen LogP contribution in [0, 0.1) is 0 Å². The molecule has 0 amide bonds. The van der Waals surface area contributed by atoms with Crippen LogP contribution in [-0.2, 0) is 7.05 Å². The molecule has 0 bridgehead atoms. The lowest BCUT2D eigenvalue weighted by Crippen LogP contribution is -2.45. The van der Waals surface area contributed by atoms with Crippen LogP contribution in [0.3, 0.4) is 0 Å². The molecule has 2 aromatic rings. The molecule has 1 fully saturated rings. The summed E-state index contributed by atoms with van der Waals surface area (Å²) in [6, 6.07) is 0.488. The number of anilines is 1. The highest BCUT2D eigenvalue weighted by Gasteiger charge is 2.28. The van der Waals surface area contributed by atoms with E-state index in [-0.39, 0.29) is 5.54 Å². The Morgan fingerprint density at radius 3 is 2.90 bits per heavy atom. The second-order valence-corrected chi connectivity index (χ2v) is 6.82. The standard InChI is InChI=1S/C15H24N6/c1-15(2,3)18-8-11-6-5-7-21(11)14-12-9-19-20(4)13(12)16-10-17-14/h9-11,18H,5-8H2,1-4H3. The van der Waals surface area contributed by atoms with Crippen LogP contribution in [0.2, 0.25) is 0 Å². The van der Waals surface area contributed by atoms with Gasteiger partial charge in [-0.15, -0.1) is 0 Å². The van der Waals surface area contributed by atoms with E-state index in [9.17, 15) is 0 Å². The van der Waals surface area contributed by atoms with E-state index < -0.39 is 0 Å². The van der Waals surface area contributed by atoms with Crippen molar-refractivity contribution in [1.82, 2.24) is 25.1 Å². The molecule has 3 rings (SSSR count). The fraction of sp³-hybridized carbons (Fsp3) is 0.667. The number of fused-ring (bicyclic) bond motifs is 1. The lowest BCUT2D eigenvalue weighted by molar-refractivity contribution is 0.404. The minimum Gasteiger partial charge on any atom is -0.352 e. The average molecular weight is 288 g/mol. The van der Waals surface area contributed by atoms with Crippen molar-refractivity contribution in [2.45, 2.75) is 45.2 Å². The van der Waals surface area contributed by atoms with Crippen molar-refractivity contribution in [3.63, 3.8) is 0 Å². The number of rotatable bonds is 3. The quantitative estimate of drug-likeness (QED) is 0.932. The largest absolute Gasteiger partial charge is 0.352 e. The van der Waals surface area contributed by atoms with Gasteiger partial charge in [0.05, 0.1) is 11.6 Å². The Morgan fingerprint density at radius 1 is 1.33 bits per heavy atom. The van der Waals surface area contributed by atoms with Crippen molar-refractivity contribution >= 4 is 16.9 Å². The molecular weight excluding hydrogens is 264 g/mol. The van der Waals surface area contributed by atoms with Crippen LogP contribution >= 0.6 is 0 Å². The molecule has 1 saturated heterocycles. The minimum atomic E-state index is 0.142. The molecule has 6 heteroatoms. The first kappa shape index (κ1) is 14.3. The van der Waals surface area contributed by atoms with Crippen LogP contribution in [0.25, 0.3) is 11.0 Å². The van der Waals surface area contributed by atoms with E-state index in [4.69, 9.17) is 0 Å². The Balaban J connectivity index is 1.87. The highest BCUT2D eigenvalue weighted by molar-refractivity contribution is 5.86. The molecule has 0 spiro atoms. The molecule has 0 saturated carbocycles. The van der Waals surface area contributed by atoms with Crippen molar-refractivity contribution in [3.05, 3.63) is 12.5 Å². The molecule has 114 valence electrons. The van der Waals surface area contributed by atoms with Crippen LogP contribution in [0.5, 0.6) is 0 Å². The number of aromatic nitrogens is 4. The SMILES string of the molecule is Cn1ncc2c(N3CCCC3CNC(C)(C)C)ncnc21. The lowest BCUT2D eigenvalue weighted by atomic mass is 10.1. The van der Waals surface area contributed by atoms with Crippen LogP contribution < -0.4 is 10.2 Å². The summed E-state index contributed by atoms with van der Waals surface area (Å²) in [5.41, 5.74) is 1.04. The maximum atomic E-state index is 4.53. The summed E-state index contributed by atoms with van der Waals surface area (Å²) in [5.74, 6) is 1.02. The highest BCUT2D eigenvalue weighted by Crippen LogP contribution is 2.29. The van der Waals surface area contributed by atoms with Gasteiger partial charge in [-0.3, -0.25) is 4.68 Å². The second-order valence-electron chi connectivity index (χ2n) is 6.82. The summed E-state index contributed by atoms with van der Waals surface area (Å²) >= 11 is 0. The van der Waals surface area contributed by atoms with Gasteiger partial charge in [0.2, 0.25) is 0 Å². The number of nitrogens with zero attached hydrogens (tertiary/aromatic N) is 5. The molecule has 1 N–H and O–H groups in total. The Labute approximate surface area is 125 Å². The first-order chi connectivity index (χ1) is 9.96. The summed E-state index contributed by atoms with van der Waals surface area (Å²) in [4.78, 5) is 11.3. The van der Waals surface area contributed by atoms with Crippen molar-refractivity contribution in [2.75, 3.05) is 18.0 Å². The van der Waals surface area contributed by atoms with E-state index in [1.807, 2.05) is 13.2 Å². The predicted molar refractivity (Wildman–Crippen MR) is 84.4 cm³/mol. The Kier molecular flexibility index (Phi) is 3.57. The molecule has 1 aliphatic rings. The summed E-state index contributed by atoms with van der Waals surface area (Å²) < 4.78 is 1.80. The van der Waals surface area contributed by atoms with Crippen molar-refractivity contribution in [3.8, 4) is 0 Å². The molecule has 0 aromatic carbocycles. The molecule has 6 nitrogen and oxygen atoms in total. The molecule has 0 radical (unpaired) electrons. The summed E-state index contributed by atoms with van der Waals surface area (Å²) in [6.45, 7) is 8.65. The van der Waals surface area contributed by atoms with Crippen molar-refractivity contribution in [1.29, 1.82) is 0 Å². The molecular formula is C15H24N6. The second kappa shape index (κ2) is 5.26. The molecule has 0 aliphatic carbocycles. The third kappa shape index (κ3) is 2.85. The van der Waals surface area contributed by atoms with Gasteiger partial charge in [0.25, 0.3) is 0 Å². The van der Waals surface area contributed by atoms with Crippen LogP contribution in [0.1, 0.15) is 33.6 Å². The maximum absolute atomic E-state index is 4.53. The van der Waals surface area contributed by atoms with Gasteiger partial charge in [0, 0.05) is 31.7 Å². The number of nitrogens with one attached hydrogen (secondary N) is 1. The molecule has 3 heterocycles. The predicted octanol–water partition coefficient (Wildman–Crippen LogP) is 1.72. The summed E-state index contributed by atoms with van der Waals surface area (Å²) in [6.07, 6.45) is 5.93. The van der Waals surface area contributed by atoms with Gasteiger partial charge < -0.3 is 10.2 Å². The van der Waals surface area contributed by atoms with E-state index in [1.54, 1.807) is 11.0 Å². The van der Waals surface area contributed by atoms with E-state index in [1.165, 1.54) is 12.8 Å². The van der Waals surface area contributed by atoms with Gasteiger partial charge in [0.15, 0.2) is 5.65 Å². The Hall–Kier alpha value is -1.69. The van der Waals surface area contributed by atoms with Gasteiger partial charge in [0.1, 0.15) is 12.1 Å². The molecule has 1 unspecified atom stereocenters. The third-order valence-electron chi connectivity index (χ3n) is 4.03. The molecule has 1 atom stereocenters. The van der Waals surface area contributed by atoms with Gasteiger partial charge in [-0.05, 0) is 33.6 Å². The zero-order chi connectivity index (χ0) is 15.0. The minimum absolute atomic E-state index is 0.142. The highest BCUT2D eigenvalue weighted by atomic mass is 15.3. The first-order valence-corrected chi connectivity index (χ1v) is 7.60. The van der Waals surface area contributed by atoms with Crippen molar-refractivity contribution in [2.24, 2.45) is 7.05 Å². The third-order valence-corrected chi connectivity index (χ3v) is 4.03. The molecule has 2 aromatic heterocycles. The van der Waals surface area contributed by atoms with E-state index >= 15 is 0 Å². The van der Waals surface area contributed by atoms with E-state index in [0.717, 1.165) is 29.9 Å². The first-order valence-electron chi connectivity index (χ1n) is 7.60. The van der Waals surface area contributed by atoms with Gasteiger partial charge in [-0.1, -0.05) is 0 Å². The molecule has 1 aliphatic heterocycles.